The van der Waals surface area contributed by atoms with E-state index in [2.05, 4.69) is 0 Å². The number of nitrogens with zero attached hydrogens (tertiary/aromatic N) is 1. The summed E-state index contributed by atoms with van der Waals surface area (Å²) >= 11 is 5.99. The summed E-state index contributed by atoms with van der Waals surface area (Å²) in [4.78, 5) is 0.299. The predicted molar refractivity (Wildman–Crippen MR) is 108 cm³/mol. The molecule has 3 heterocycles. The standard InChI is InChI=1S/C21H28ClNO5S/c1-26-20(8-9-20)15-2-5-17-13-21(27-10-11-28-21)14-18(12-15)23(17)29(24,25)19-6-3-16(22)4-7-19/h3-4,6-7,15,17-18H,2,5,8-14H2,1H3. The van der Waals surface area contributed by atoms with E-state index in [9.17, 15) is 8.42 Å². The maximum Gasteiger partial charge on any atom is 0.243 e. The Bertz CT molecular complexity index is 864. The van der Waals surface area contributed by atoms with Crippen molar-refractivity contribution in [3.63, 3.8) is 0 Å². The minimum absolute atomic E-state index is 0.0717. The Labute approximate surface area is 177 Å². The van der Waals surface area contributed by atoms with Crippen LogP contribution in [-0.2, 0) is 24.2 Å². The highest BCUT2D eigenvalue weighted by molar-refractivity contribution is 7.89. The van der Waals surface area contributed by atoms with Crippen LogP contribution in [0.5, 0.6) is 0 Å². The molecule has 0 radical (unpaired) electrons. The van der Waals surface area contributed by atoms with Gasteiger partial charge in [0.05, 0.1) is 23.7 Å². The van der Waals surface area contributed by atoms with Gasteiger partial charge in [-0.25, -0.2) is 8.42 Å². The fourth-order valence-electron chi connectivity index (χ4n) is 5.77. The van der Waals surface area contributed by atoms with Crippen LogP contribution in [0.4, 0.5) is 0 Å². The molecule has 29 heavy (non-hydrogen) atoms. The molecule has 0 N–H and O–H groups in total. The molecule has 3 aliphatic heterocycles. The SMILES string of the molecule is COC1(C2CCC3CC4(CC(C2)N3S(=O)(=O)c2ccc(Cl)cc2)OCCO4)CC1. The van der Waals surface area contributed by atoms with E-state index in [0.29, 0.717) is 41.9 Å². The zero-order valence-corrected chi connectivity index (χ0v) is 18.3. The minimum atomic E-state index is -3.64. The van der Waals surface area contributed by atoms with Crippen LogP contribution in [0.15, 0.2) is 29.2 Å². The molecule has 3 unspecified atom stereocenters. The summed E-state index contributed by atoms with van der Waals surface area (Å²) in [5.74, 6) is -0.276. The van der Waals surface area contributed by atoms with Crippen molar-refractivity contribution in [3.05, 3.63) is 29.3 Å². The first-order valence-corrected chi connectivity index (χ1v) is 12.3. The molecule has 1 aliphatic carbocycles. The van der Waals surface area contributed by atoms with Crippen molar-refractivity contribution in [1.82, 2.24) is 4.31 Å². The highest BCUT2D eigenvalue weighted by atomic mass is 35.5. The van der Waals surface area contributed by atoms with Gasteiger partial charge in [0.25, 0.3) is 0 Å². The molecule has 5 rings (SSSR count). The van der Waals surface area contributed by atoms with Gasteiger partial charge >= 0.3 is 0 Å². The lowest BCUT2D eigenvalue weighted by atomic mass is 9.87. The minimum Gasteiger partial charge on any atom is -0.378 e. The largest absolute Gasteiger partial charge is 0.378 e. The van der Waals surface area contributed by atoms with Crippen LogP contribution in [-0.4, -0.2) is 56.5 Å². The molecule has 6 nitrogen and oxygen atoms in total. The van der Waals surface area contributed by atoms with E-state index < -0.39 is 15.8 Å². The van der Waals surface area contributed by atoms with Gasteiger partial charge in [0, 0.05) is 37.1 Å². The van der Waals surface area contributed by atoms with Gasteiger partial charge in [-0.2, -0.15) is 4.31 Å². The number of rotatable bonds is 4. The number of hydrogen-bond donors (Lipinski definition) is 0. The predicted octanol–water partition coefficient (Wildman–Crippen LogP) is 3.58. The highest BCUT2D eigenvalue weighted by Gasteiger charge is 2.58. The van der Waals surface area contributed by atoms with Crippen LogP contribution in [0.25, 0.3) is 0 Å². The molecule has 160 valence electrons. The van der Waals surface area contributed by atoms with Gasteiger partial charge in [0.15, 0.2) is 5.79 Å². The summed E-state index contributed by atoms with van der Waals surface area (Å²) in [6, 6.07) is 6.19. The first-order chi connectivity index (χ1) is 13.9. The summed E-state index contributed by atoms with van der Waals surface area (Å²) in [6.07, 6.45) is 5.84. The Kier molecular flexibility index (Phi) is 5.00. The van der Waals surface area contributed by atoms with Gasteiger partial charge in [-0.3, -0.25) is 0 Å². The third-order valence-corrected chi connectivity index (χ3v) is 9.59. The Balaban J connectivity index is 1.51. The fourth-order valence-corrected chi connectivity index (χ4v) is 7.74. The van der Waals surface area contributed by atoms with Gasteiger partial charge in [-0.1, -0.05) is 11.6 Å². The van der Waals surface area contributed by atoms with Crippen LogP contribution >= 0.6 is 11.6 Å². The van der Waals surface area contributed by atoms with E-state index in [4.69, 9.17) is 25.8 Å². The summed E-state index contributed by atoms with van der Waals surface area (Å²) in [5, 5.41) is 0.530. The molecule has 4 fully saturated rings. The van der Waals surface area contributed by atoms with Crippen LogP contribution in [0.3, 0.4) is 0 Å². The topological polar surface area (TPSA) is 65.1 Å². The molecular formula is C21H28ClNO5S. The van der Waals surface area contributed by atoms with Crippen molar-refractivity contribution in [2.75, 3.05) is 20.3 Å². The Morgan fingerprint density at radius 3 is 2.34 bits per heavy atom. The average molecular weight is 442 g/mol. The van der Waals surface area contributed by atoms with Crippen molar-refractivity contribution in [2.24, 2.45) is 5.92 Å². The molecule has 2 bridgehead atoms. The van der Waals surface area contributed by atoms with E-state index in [-0.39, 0.29) is 17.7 Å². The lowest BCUT2D eigenvalue weighted by molar-refractivity contribution is -0.199. The van der Waals surface area contributed by atoms with Crippen LogP contribution < -0.4 is 0 Å². The Morgan fingerprint density at radius 1 is 1.07 bits per heavy atom. The summed E-state index contributed by atoms with van der Waals surface area (Å²) < 4.78 is 47.1. The molecule has 0 aromatic heterocycles. The first kappa shape index (κ1) is 20.2. The third-order valence-electron chi connectivity index (χ3n) is 7.31. The lowest BCUT2D eigenvalue weighted by Gasteiger charge is -2.46. The van der Waals surface area contributed by atoms with Crippen LogP contribution in [0, 0.1) is 5.92 Å². The van der Waals surface area contributed by atoms with Gasteiger partial charge in [0.2, 0.25) is 10.0 Å². The number of benzene rings is 1. The van der Waals surface area contributed by atoms with Crippen LogP contribution in [0.2, 0.25) is 5.02 Å². The molecule has 3 saturated heterocycles. The first-order valence-electron chi connectivity index (χ1n) is 10.5. The monoisotopic (exact) mass is 441 g/mol. The molecule has 8 heteroatoms. The summed E-state index contributed by atoms with van der Waals surface area (Å²) in [7, 11) is -1.85. The van der Waals surface area contributed by atoms with Crippen molar-refractivity contribution in [1.29, 1.82) is 0 Å². The third kappa shape index (κ3) is 3.44. The van der Waals surface area contributed by atoms with Crippen molar-refractivity contribution < 1.29 is 22.6 Å². The second-order valence-corrected chi connectivity index (χ2v) is 11.2. The average Bonchev–Trinajstić information content (AvgIpc) is 3.40. The lowest BCUT2D eigenvalue weighted by Crippen LogP contribution is -2.57. The number of piperidine rings is 1. The fraction of sp³-hybridized carbons (Fsp3) is 0.714. The van der Waals surface area contributed by atoms with Crippen molar-refractivity contribution in [3.8, 4) is 0 Å². The Hall–Kier alpha value is -0.700. The maximum absolute atomic E-state index is 13.7. The number of halogens is 1. The molecule has 3 atom stereocenters. The van der Waals surface area contributed by atoms with Gasteiger partial charge in [-0.15, -0.1) is 0 Å². The molecule has 1 aromatic rings. The molecule has 1 saturated carbocycles. The van der Waals surface area contributed by atoms with E-state index in [1.54, 1.807) is 35.7 Å². The highest BCUT2D eigenvalue weighted by Crippen LogP contribution is 2.54. The Morgan fingerprint density at radius 2 is 1.72 bits per heavy atom. The summed E-state index contributed by atoms with van der Waals surface area (Å²) in [5.41, 5.74) is -0.0717. The quantitative estimate of drug-likeness (QED) is 0.714. The van der Waals surface area contributed by atoms with E-state index in [0.717, 1.165) is 32.1 Å². The molecular weight excluding hydrogens is 414 g/mol. The van der Waals surface area contributed by atoms with Gasteiger partial charge in [-0.05, 0) is 62.3 Å². The normalized spacial score (nSPS) is 33.5. The summed E-state index contributed by atoms with van der Waals surface area (Å²) in [6.45, 7) is 1.16. The molecule has 0 amide bonds. The van der Waals surface area contributed by atoms with E-state index in [1.807, 2.05) is 0 Å². The van der Waals surface area contributed by atoms with E-state index >= 15 is 0 Å². The number of sulfonamides is 1. The van der Waals surface area contributed by atoms with Gasteiger partial charge in [0.1, 0.15) is 0 Å². The second-order valence-electron chi connectivity index (χ2n) is 8.89. The zero-order valence-electron chi connectivity index (χ0n) is 16.7. The smallest absolute Gasteiger partial charge is 0.243 e. The zero-order chi connectivity index (χ0) is 20.3. The van der Waals surface area contributed by atoms with Gasteiger partial charge < -0.3 is 14.2 Å². The second kappa shape index (κ2) is 7.18. The maximum atomic E-state index is 13.7. The number of hydrogen-bond acceptors (Lipinski definition) is 5. The molecule has 4 aliphatic rings. The number of ether oxygens (including phenoxy) is 3. The molecule has 1 spiro atoms. The van der Waals surface area contributed by atoms with E-state index in [1.165, 1.54) is 0 Å². The van der Waals surface area contributed by atoms with Crippen molar-refractivity contribution in [2.45, 2.75) is 73.3 Å². The number of methoxy groups -OCH3 is 1. The van der Waals surface area contributed by atoms with Crippen molar-refractivity contribution >= 4 is 21.6 Å². The number of fused-ring (bicyclic) bond motifs is 2. The van der Waals surface area contributed by atoms with Crippen LogP contribution in [0.1, 0.15) is 44.9 Å². The molecule has 1 aromatic carbocycles.